The van der Waals surface area contributed by atoms with E-state index in [9.17, 15) is 0 Å². The summed E-state index contributed by atoms with van der Waals surface area (Å²) in [4.78, 5) is 0. The smallest absolute Gasteiger partial charge is 0.0727 e. The Kier molecular flexibility index (Phi) is 6.02. The summed E-state index contributed by atoms with van der Waals surface area (Å²) in [7, 11) is 0. The molecule has 1 aromatic rings. The third-order valence-electron chi connectivity index (χ3n) is 0.951. The maximum absolute atomic E-state index is 5.63. The van der Waals surface area contributed by atoms with Crippen LogP contribution in [0.3, 0.4) is 0 Å². The topological polar surface area (TPSA) is 0 Å². The Hall–Kier alpha value is 0.892. The average molecular weight is 285 g/mol. The van der Waals surface area contributed by atoms with E-state index >= 15 is 0 Å². The van der Waals surface area contributed by atoms with Gasteiger partial charge in [-0.3, -0.25) is 0 Å². The van der Waals surface area contributed by atoms with E-state index in [1.54, 1.807) is 0 Å². The van der Waals surface area contributed by atoms with E-state index in [0.29, 0.717) is 0 Å². The molecule has 0 aliphatic carbocycles. The van der Waals surface area contributed by atoms with Gasteiger partial charge < -0.3 is 0 Å². The molecule has 0 atom stereocenters. The molecule has 58 valence electrons. The van der Waals surface area contributed by atoms with Crippen molar-refractivity contribution in [2.75, 3.05) is 0 Å². The Balaban J connectivity index is 0.000000810. The summed E-state index contributed by atoms with van der Waals surface area (Å²) < 4.78 is 0. The first-order valence-electron chi connectivity index (χ1n) is 2.47. The van der Waals surface area contributed by atoms with E-state index in [4.69, 9.17) is 22.5 Å². The molecule has 0 nitrogen and oxygen atoms in total. The van der Waals surface area contributed by atoms with Crippen LogP contribution in [0.2, 0.25) is 0 Å². The Labute approximate surface area is 84.9 Å². The molecule has 1 aromatic carbocycles. The number of benzene rings is 1. The van der Waals surface area contributed by atoms with Gasteiger partial charge in [-0.1, -0.05) is 52.8 Å². The van der Waals surface area contributed by atoms with Crippen LogP contribution >= 0.6 is 29.1 Å². The maximum atomic E-state index is 5.63. The van der Waals surface area contributed by atoms with Gasteiger partial charge in [0.1, 0.15) is 6.63 Å². The van der Waals surface area contributed by atoms with Crippen LogP contribution in [0.4, 0.5) is 0 Å². The zero-order valence-electron chi connectivity index (χ0n) is 4.91. The van der Waals surface area contributed by atoms with Gasteiger partial charge in [0.15, 0.2) is 0 Å². The minimum atomic E-state index is -0.951. The van der Waals surface area contributed by atoms with Gasteiger partial charge in [0.05, 0.1) is 0 Å². The molecule has 0 aromatic heterocycles. The number of hydrogen-bond acceptors (Lipinski definition) is 0. The predicted octanol–water partition coefficient (Wildman–Crippen LogP) is 3.10. The molecule has 0 aliphatic rings. The summed E-state index contributed by atoms with van der Waals surface area (Å²) in [6, 6.07) is 9.64. The van der Waals surface area contributed by atoms with Gasteiger partial charge in [0.25, 0.3) is 0 Å². The minimum Gasteiger partial charge on any atom is -0.0727 e. The van der Waals surface area contributed by atoms with Crippen molar-refractivity contribution < 1.29 is 20.4 Å². The Morgan fingerprint density at radius 3 is 1.80 bits per heavy atom. The van der Waals surface area contributed by atoms with Crippen LogP contribution in [0.25, 0.3) is 0 Å². The van der Waals surface area contributed by atoms with Crippen molar-refractivity contribution in [3.05, 3.63) is 30.3 Å². The fraction of sp³-hybridized carbons (Fsp3) is 0. The van der Waals surface area contributed by atoms with E-state index < -0.39 is 6.63 Å². The van der Waals surface area contributed by atoms with Gasteiger partial charge >= 0.3 is 0 Å². The van der Waals surface area contributed by atoms with Crippen LogP contribution in [0.1, 0.15) is 0 Å². The monoisotopic (exact) mass is 284 g/mol. The molecule has 1 rings (SSSR count). The number of rotatable bonds is 1. The zero-order valence-corrected chi connectivity index (χ0v) is 8.87. The normalized spacial score (nSPS) is 9.10. The molecular weight excluding hydrogens is 280 g/mol. The second kappa shape index (κ2) is 5.53. The first-order chi connectivity index (χ1) is 4.30. The predicted molar refractivity (Wildman–Crippen MR) is 44.7 cm³/mol. The van der Waals surface area contributed by atoms with Crippen molar-refractivity contribution in [2.24, 2.45) is 0 Å². The molecule has 0 saturated heterocycles. The van der Waals surface area contributed by atoms with Crippen LogP contribution in [0, 0.1) is 0 Å². The van der Waals surface area contributed by atoms with Crippen molar-refractivity contribution in [1.29, 1.82) is 0 Å². The molecule has 0 fully saturated rings. The standard InChI is InChI=1S/C6H5Cl2P.Pd/c7-9(8)6-4-2-1-3-5-6;/h1-5H;. The van der Waals surface area contributed by atoms with Crippen LogP contribution in [-0.2, 0) is 20.4 Å². The zero-order chi connectivity index (χ0) is 6.69. The van der Waals surface area contributed by atoms with Crippen molar-refractivity contribution in [3.63, 3.8) is 0 Å². The third-order valence-corrected chi connectivity index (χ3v) is 2.81. The maximum Gasteiger partial charge on any atom is 0.116 e. The van der Waals surface area contributed by atoms with Crippen molar-refractivity contribution in [3.8, 4) is 0 Å². The SMILES string of the molecule is ClP(Cl)c1ccccc1.[Pd]. The average Bonchev–Trinajstić information content (AvgIpc) is 1.90. The van der Waals surface area contributed by atoms with Crippen molar-refractivity contribution in [1.82, 2.24) is 0 Å². The largest absolute Gasteiger partial charge is 0.116 e. The first-order valence-corrected chi connectivity index (χ1v) is 5.62. The third kappa shape index (κ3) is 3.33. The summed E-state index contributed by atoms with van der Waals surface area (Å²) in [6.45, 7) is -0.951. The second-order valence-electron chi connectivity index (χ2n) is 1.57. The summed E-state index contributed by atoms with van der Waals surface area (Å²) in [5.74, 6) is 0. The molecule has 0 bridgehead atoms. The molecule has 10 heavy (non-hydrogen) atoms. The van der Waals surface area contributed by atoms with Crippen LogP contribution < -0.4 is 5.30 Å². The molecule has 0 amide bonds. The molecule has 0 N–H and O–H groups in total. The first kappa shape index (κ1) is 10.9. The Bertz CT molecular complexity index is 178. The van der Waals surface area contributed by atoms with E-state index in [1.165, 1.54) is 0 Å². The summed E-state index contributed by atoms with van der Waals surface area (Å²) in [5.41, 5.74) is 0. The Morgan fingerprint density at radius 2 is 1.50 bits per heavy atom. The molecule has 4 heteroatoms. The second-order valence-corrected chi connectivity index (χ2v) is 5.10. The summed E-state index contributed by atoms with van der Waals surface area (Å²) in [5, 5.41) is 1.01. The van der Waals surface area contributed by atoms with Gasteiger partial charge in [0, 0.05) is 25.7 Å². The van der Waals surface area contributed by atoms with Gasteiger partial charge in [-0.2, -0.15) is 0 Å². The van der Waals surface area contributed by atoms with Crippen LogP contribution in [-0.4, -0.2) is 0 Å². The molecule has 0 unspecified atom stereocenters. The van der Waals surface area contributed by atoms with Crippen LogP contribution in [0.5, 0.6) is 0 Å². The van der Waals surface area contributed by atoms with Crippen molar-refractivity contribution >= 4 is 34.4 Å². The fourth-order valence-corrected chi connectivity index (χ4v) is 1.61. The molecule has 0 spiro atoms. The summed E-state index contributed by atoms with van der Waals surface area (Å²) in [6.07, 6.45) is 0. The number of halogens is 2. The quantitative estimate of drug-likeness (QED) is 0.549. The van der Waals surface area contributed by atoms with Gasteiger partial charge in [-0.05, 0) is 0 Å². The Morgan fingerprint density at radius 1 is 1.00 bits per heavy atom. The fourth-order valence-electron chi connectivity index (χ4n) is 0.541. The molecule has 0 radical (unpaired) electrons. The van der Waals surface area contributed by atoms with Gasteiger partial charge in [0.2, 0.25) is 0 Å². The van der Waals surface area contributed by atoms with E-state index in [1.807, 2.05) is 30.3 Å². The van der Waals surface area contributed by atoms with E-state index in [2.05, 4.69) is 0 Å². The number of hydrogen-bond donors (Lipinski definition) is 0. The van der Waals surface area contributed by atoms with E-state index in [-0.39, 0.29) is 20.4 Å². The molecule has 0 heterocycles. The van der Waals surface area contributed by atoms with Gasteiger partial charge in [-0.15, -0.1) is 0 Å². The summed E-state index contributed by atoms with van der Waals surface area (Å²) >= 11 is 11.3. The van der Waals surface area contributed by atoms with Crippen molar-refractivity contribution in [2.45, 2.75) is 0 Å². The van der Waals surface area contributed by atoms with E-state index in [0.717, 1.165) is 5.30 Å². The molecular formula is C6H5Cl2PPd. The van der Waals surface area contributed by atoms with Gasteiger partial charge in [-0.25, -0.2) is 0 Å². The molecule has 0 saturated carbocycles. The minimum absolute atomic E-state index is 0. The van der Waals surface area contributed by atoms with Crippen LogP contribution in [0.15, 0.2) is 30.3 Å². The molecule has 0 aliphatic heterocycles.